The van der Waals surface area contributed by atoms with E-state index in [1.165, 1.54) is 0 Å². The van der Waals surface area contributed by atoms with Crippen LogP contribution in [0.3, 0.4) is 0 Å². The van der Waals surface area contributed by atoms with Crippen molar-refractivity contribution in [2.75, 3.05) is 6.61 Å². The molecule has 2 N–H and O–H groups in total. The van der Waals surface area contributed by atoms with Crippen LogP contribution in [0.4, 0.5) is 0 Å². The molecule has 0 spiro atoms. The molecule has 0 saturated carbocycles. The Kier molecular flexibility index (Phi) is 6.83. The number of ether oxygens (including phenoxy) is 3. The number of nitrogens with zero attached hydrogens (tertiary/aromatic N) is 1. The average Bonchev–Trinajstić information content (AvgIpc) is 2.78. The van der Waals surface area contributed by atoms with E-state index in [4.69, 9.17) is 43.1 Å². The van der Waals surface area contributed by atoms with E-state index in [0.717, 1.165) is 5.56 Å². The SMILES string of the molecule is CCOc1cc([C@H]2C(C#N)=C(N)OC3=C2C(=O)CCC3)ccc1OCc1ccc(Cl)cc1Cl. The number of carbonyl (C=O) groups excluding carboxylic acids is 1. The van der Waals surface area contributed by atoms with Crippen LogP contribution in [0.25, 0.3) is 0 Å². The summed E-state index contributed by atoms with van der Waals surface area (Å²) in [5.74, 6) is 0.948. The number of halogens is 2. The molecule has 0 bridgehead atoms. The normalized spacial score (nSPS) is 17.9. The molecule has 0 saturated heterocycles. The minimum Gasteiger partial charge on any atom is -0.490 e. The summed E-state index contributed by atoms with van der Waals surface area (Å²) in [7, 11) is 0. The third kappa shape index (κ3) is 4.66. The summed E-state index contributed by atoms with van der Waals surface area (Å²) in [5.41, 5.74) is 8.25. The highest BCUT2D eigenvalue weighted by molar-refractivity contribution is 6.35. The number of rotatable bonds is 6. The Labute approximate surface area is 202 Å². The van der Waals surface area contributed by atoms with Gasteiger partial charge in [0.15, 0.2) is 17.3 Å². The number of hydrogen-bond acceptors (Lipinski definition) is 6. The van der Waals surface area contributed by atoms with Crippen LogP contribution in [0.2, 0.25) is 10.0 Å². The zero-order chi connectivity index (χ0) is 23.5. The maximum Gasteiger partial charge on any atom is 0.205 e. The highest BCUT2D eigenvalue weighted by atomic mass is 35.5. The van der Waals surface area contributed by atoms with Gasteiger partial charge in [0.25, 0.3) is 0 Å². The lowest BCUT2D eigenvalue weighted by Crippen LogP contribution is -2.27. The van der Waals surface area contributed by atoms with Gasteiger partial charge in [-0.15, -0.1) is 0 Å². The van der Waals surface area contributed by atoms with Gasteiger partial charge in [-0.2, -0.15) is 5.26 Å². The van der Waals surface area contributed by atoms with E-state index in [9.17, 15) is 10.1 Å². The molecule has 8 heteroatoms. The zero-order valence-electron chi connectivity index (χ0n) is 18.0. The Hall–Kier alpha value is -3.14. The molecule has 0 aromatic heterocycles. The first-order valence-electron chi connectivity index (χ1n) is 10.6. The van der Waals surface area contributed by atoms with Crippen LogP contribution in [0, 0.1) is 11.3 Å². The van der Waals surface area contributed by atoms with Crippen LogP contribution in [0.1, 0.15) is 43.2 Å². The fourth-order valence-electron chi connectivity index (χ4n) is 4.08. The molecule has 1 heterocycles. The molecule has 0 radical (unpaired) electrons. The molecule has 0 unspecified atom stereocenters. The smallest absolute Gasteiger partial charge is 0.205 e. The molecule has 2 aliphatic rings. The molecule has 1 atom stereocenters. The minimum atomic E-state index is -0.606. The summed E-state index contributed by atoms with van der Waals surface area (Å²) in [5, 5.41) is 10.8. The van der Waals surface area contributed by atoms with Gasteiger partial charge < -0.3 is 19.9 Å². The first-order valence-corrected chi connectivity index (χ1v) is 11.4. The van der Waals surface area contributed by atoms with Crippen LogP contribution in [-0.2, 0) is 16.1 Å². The Balaban J connectivity index is 1.70. The number of nitriles is 1. The summed E-state index contributed by atoms with van der Waals surface area (Å²) in [6, 6.07) is 12.7. The summed E-state index contributed by atoms with van der Waals surface area (Å²) < 4.78 is 17.4. The van der Waals surface area contributed by atoms with E-state index < -0.39 is 5.92 Å². The Bertz CT molecular complexity index is 1210. The standard InChI is InChI=1S/C25H22Cl2N2O4/c1-2-31-22-10-14(7-9-20(22)32-13-15-6-8-16(26)11-18(15)27)23-17(12-28)25(29)33-21-5-3-4-19(30)24(21)23/h6-11,23H,2-5,13,29H2,1H3/t23-/m0/s1. The molecule has 0 amide bonds. The first-order chi connectivity index (χ1) is 15.9. The van der Waals surface area contributed by atoms with E-state index in [1.54, 1.807) is 30.3 Å². The number of hydrogen-bond donors (Lipinski definition) is 1. The van der Waals surface area contributed by atoms with Crippen molar-refractivity contribution in [2.24, 2.45) is 5.73 Å². The van der Waals surface area contributed by atoms with Gasteiger partial charge in [0.2, 0.25) is 5.88 Å². The maximum atomic E-state index is 12.8. The lowest BCUT2D eigenvalue weighted by molar-refractivity contribution is -0.116. The highest BCUT2D eigenvalue weighted by Gasteiger charge is 2.38. The molecule has 1 aliphatic carbocycles. The summed E-state index contributed by atoms with van der Waals surface area (Å²) in [6.45, 7) is 2.49. The molecule has 33 heavy (non-hydrogen) atoms. The maximum absolute atomic E-state index is 12.8. The van der Waals surface area contributed by atoms with Crippen LogP contribution in [0.15, 0.2) is 59.2 Å². The van der Waals surface area contributed by atoms with Crippen molar-refractivity contribution in [3.63, 3.8) is 0 Å². The van der Waals surface area contributed by atoms with Gasteiger partial charge >= 0.3 is 0 Å². The largest absolute Gasteiger partial charge is 0.490 e. The fourth-order valence-corrected chi connectivity index (χ4v) is 4.54. The number of carbonyl (C=O) groups is 1. The Morgan fingerprint density at radius 2 is 1.97 bits per heavy atom. The van der Waals surface area contributed by atoms with Crippen LogP contribution in [-0.4, -0.2) is 12.4 Å². The molecule has 4 rings (SSSR count). The predicted molar refractivity (Wildman–Crippen MR) is 125 cm³/mol. The van der Waals surface area contributed by atoms with E-state index >= 15 is 0 Å². The third-order valence-electron chi connectivity index (χ3n) is 5.60. The first kappa shape index (κ1) is 23.0. The van der Waals surface area contributed by atoms with Crippen molar-refractivity contribution in [1.29, 1.82) is 5.26 Å². The van der Waals surface area contributed by atoms with Gasteiger partial charge in [0, 0.05) is 34.0 Å². The zero-order valence-corrected chi connectivity index (χ0v) is 19.5. The predicted octanol–water partition coefficient (Wildman–Crippen LogP) is 5.79. The van der Waals surface area contributed by atoms with Gasteiger partial charge in [-0.05, 0) is 43.2 Å². The molecule has 2 aromatic rings. The number of allylic oxidation sites excluding steroid dienone is 3. The second kappa shape index (κ2) is 9.78. The van der Waals surface area contributed by atoms with Crippen LogP contribution < -0.4 is 15.2 Å². The van der Waals surface area contributed by atoms with E-state index in [0.29, 0.717) is 64.3 Å². The molecular formula is C25H22Cl2N2O4. The molecular weight excluding hydrogens is 463 g/mol. The summed E-state index contributed by atoms with van der Waals surface area (Å²) in [4.78, 5) is 12.8. The van der Waals surface area contributed by atoms with Crippen molar-refractivity contribution >= 4 is 29.0 Å². The molecule has 170 valence electrons. The second-order valence-electron chi connectivity index (χ2n) is 7.70. The molecule has 1 aliphatic heterocycles. The fraction of sp³-hybridized carbons (Fsp3) is 0.280. The van der Waals surface area contributed by atoms with E-state index in [2.05, 4.69) is 6.07 Å². The van der Waals surface area contributed by atoms with Crippen LogP contribution in [0.5, 0.6) is 11.5 Å². The Morgan fingerprint density at radius 1 is 1.15 bits per heavy atom. The topological polar surface area (TPSA) is 94.6 Å². The number of Topliss-reactive ketones (excluding diaryl/α,β-unsaturated/α-hetero) is 1. The monoisotopic (exact) mass is 484 g/mol. The average molecular weight is 485 g/mol. The number of ketones is 1. The van der Waals surface area contributed by atoms with E-state index in [1.807, 2.05) is 13.0 Å². The van der Waals surface area contributed by atoms with Crippen molar-refractivity contribution < 1.29 is 19.0 Å². The Morgan fingerprint density at radius 3 is 2.70 bits per heavy atom. The summed E-state index contributed by atoms with van der Waals surface area (Å²) >= 11 is 12.2. The van der Waals surface area contributed by atoms with Gasteiger partial charge in [-0.25, -0.2) is 0 Å². The van der Waals surface area contributed by atoms with Gasteiger partial charge in [-0.1, -0.05) is 35.3 Å². The van der Waals surface area contributed by atoms with Crippen LogP contribution >= 0.6 is 23.2 Å². The van der Waals surface area contributed by atoms with Gasteiger partial charge in [-0.3, -0.25) is 4.79 Å². The third-order valence-corrected chi connectivity index (χ3v) is 6.19. The van der Waals surface area contributed by atoms with Crippen molar-refractivity contribution in [2.45, 2.75) is 38.7 Å². The quantitative estimate of drug-likeness (QED) is 0.557. The number of nitrogens with two attached hydrogens (primary N) is 1. The highest BCUT2D eigenvalue weighted by Crippen LogP contribution is 2.45. The van der Waals surface area contributed by atoms with Gasteiger partial charge in [0.05, 0.1) is 12.5 Å². The van der Waals surface area contributed by atoms with Crippen molar-refractivity contribution in [1.82, 2.24) is 0 Å². The van der Waals surface area contributed by atoms with Gasteiger partial charge in [0.1, 0.15) is 24.0 Å². The minimum absolute atomic E-state index is 0.0304. The molecule has 2 aromatic carbocycles. The molecule has 0 fully saturated rings. The molecule has 6 nitrogen and oxygen atoms in total. The second-order valence-corrected chi connectivity index (χ2v) is 8.55. The van der Waals surface area contributed by atoms with Crippen molar-refractivity contribution in [3.05, 3.63) is 80.4 Å². The number of benzene rings is 2. The lowest BCUT2D eigenvalue weighted by Gasteiger charge is -2.31. The van der Waals surface area contributed by atoms with E-state index in [-0.39, 0.29) is 23.8 Å². The lowest BCUT2D eigenvalue weighted by atomic mass is 9.77. The summed E-state index contributed by atoms with van der Waals surface area (Å²) in [6.07, 6.45) is 1.72. The van der Waals surface area contributed by atoms with Crippen molar-refractivity contribution in [3.8, 4) is 17.6 Å².